The molecule has 5 N–H and O–H groups in total. The molecule has 1 rings (SSSR count). The van der Waals surface area contributed by atoms with Crippen molar-refractivity contribution in [2.24, 2.45) is 5.73 Å². The molecule has 0 saturated carbocycles. The number of nitrogen functional groups attached to an aromatic ring is 1. The Hall–Kier alpha value is -1.06. The Bertz CT molecular complexity index is 312. The van der Waals surface area contributed by atoms with Crippen LogP contribution in [0.25, 0.3) is 0 Å². The maximum atomic E-state index is 9.86. The summed E-state index contributed by atoms with van der Waals surface area (Å²) in [5.41, 5.74) is 14.0. The summed E-state index contributed by atoms with van der Waals surface area (Å²) < 4.78 is 0. The second kappa shape index (κ2) is 4.44. The average Bonchev–Trinajstić information content (AvgIpc) is 2.15. The molecule has 0 spiro atoms. The molecular weight excluding hydrogens is 176 g/mol. The van der Waals surface area contributed by atoms with Crippen molar-refractivity contribution in [3.8, 4) is 0 Å². The molecule has 0 aliphatic carbocycles. The standard InChI is InChI=1S/C11H18N2O/c1-3-9(12)11(14)8-5-4-7(2)6-10(8)13/h4-6,9,11,14H,3,12-13H2,1-2H3/t9-,11-/m0/s1. The van der Waals surface area contributed by atoms with Crippen LogP contribution in [0.2, 0.25) is 0 Å². The fourth-order valence-electron chi connectivity index (χ4n) is 1.42. The minimum Gasteiger partial charge on any atom is -0.398 e. The van der Waals surface area contributed by atoms with Crippen molar-refractivity contribution < 1.29 is 5.11 Å². The Morgan fingerprint density at radius 2 is 2.07 bits per heavy atom. The van der Waals surface area contributed by atoms with Gasteiger partial charge in [-0.05, 0) is 25.0 Å². The summed E-state index contributed by atoms with van der Waals surface area (Å²) in [4.78, 5) is 0. The van der Waals surface area contributed by atoms with E-state index < -0.39 is 6.10 Å². The third-order valence-electron chi connectivity index (χ3n) is 2.44. The van der Waals surface area contributed by atoms with E-state index in [9.17, 15) is 5.11 Å². The van der Waals surface area contributed by atoms with Crippen molar-refractivity contribution in [1.29, 1.82) is 0 Å². The summed E-state index contributed by atoms with van der Waals surface area (Å²) >= 11 is 0. The Labute approximate surface area is 84.7 Å². The van der Waals surface area contributed by atoms with Gasteiger partial charge in [0.2, 0.25) is 0 Å². The van der Waals surface area contributed by atoms with Crippen molar-refractivity contribution in [2.75, 3.05) is 5.73 Å². The number of hydrogen-bond acceptors (Lipinski definition) is 3. The lowest BCUT2D eigenvalue weighted by Gasteiger charge is -2.19. The second-order valence-electron chi connectivity index (χ2n) is 3.65. The zero-order chi connectivity index (χ0) is 10.7. The highest BCUT2D eigenvalue weighted by atomic mass is 16.3. The number of nitrogens with two attached hydrogens (primary N) is 2. The van der Waals surface area contributed by atoms with E-state index in [1.807, 2.05) is 32.0 Å². The fourth-order valence-corrected chi connectivity index (χ4v) is 1.42. The summed E-state index contributed by atoms with van der Waals surface area (Å²) in [6.07, 6.45) is 0.0645. The van der Waals surface area contributed by atoms with Crippen LogP contribution in [0.5, 0.6) is 0 Å². The first kappa shape index (κ1) is 11.0. The van der Waals surface area contributed by atoms with Crippen LogP contribution in [0.1, 0.15) is 30.6 Å². The average molecular weight is 194 g/mol. The molecule has 0 unspecified atom stereocenters. The molecule has 0 radical (unpaired) electrons. The lowest BCUT2D eigenvalue weighted by atomic mass is 9.98. The number of aliphatic hydroxyl groups excluding tert-OH is 1. The summed E-state index contributed by atoms with van der Waals surface area (Å²) in [6, 6.07) is 5.36. The number of aryl methyl sites for hydroxylation is 1. The van der Waals surface area contributed by atoms with Crippen molar-refractivity contribution in [2.45, 2.75) is 32.4 Å². The lowest BCUT2D eigenvalue weighted by molar-refractivity contribution is 0.145. The summed E-state index contributed by atoms with van der Waals surface area (Å²) in [5.74, 6) is 0. The Balaban J connectivity index is 2.95. The van der Waals surface area contributed by atoms with E-state index in [-0.39, 0.29) is 6.04 Å². The van der Waals surface area contributed by atoms with E-state index in [1.165, 1.54) is 0 Å². The van der Waals surface area contributed by atoms with Gasteiger partial charge in [0.15, 0.2) is 0 Å². The molecule has 3 heteroatoms. The monoisotopic (exact) mass is 194 g/mol. The highest BCUT2D eigenvalue weighted by Gasteiger charge is 2.17. The van der Waals surface area contributed by atoms with Crippen LogP contribution in [0.4, 0.5) is 5.69 Å². The predicted molar refractivity (Wildman–Crippen MR) is 58.8 cm³/mol. The zero-order valence-electron chi connectivity index (χ0n) is 8.70. The fraction of sp³-hybridized carbons (Fsp3) is 0.455. The topological polar surface area (TPSA) is 72.3 Å². The molecule has 1 aromatic carbocycles. The molecule has 14 heavy (non-hydrogen) atoms. The van der Waals surface area contributed by atoms with Gasteiger partial charge in [-0.3, -0.25) is 0 Å². The van der Waals surface area contributed by atoms with E-state index >= 15 is 0 Å². The molecule has 78 valence electrons. The first-order valence-electron chi connectivity index (χ1n) is 4.86. The molecule has 0 bridgehead atoms. The molecule has 0 aliphatic heterocycles. The number of rotatable bonds is 3. The quantitative estimate of drug-likeness (QED) is 0.636. The van der Waals surface area contributed by atoms with Crippen LogP contribution < -0.4 is 11.5 Å². The third-order valence-corrected chi connectivity index (χ3v) is 2.44. The lowest BCUT2D eigenvalue weighted by Crippen LogP contribution is -2.27. The van der Waals surface area contributed by atoms with Gasteiger partial charge >= 0.3 is 0 Å². The van der Waals surface area contributed by atoms with Gasteiger partial charge in [-0.2, -0.15) is 0 Å². The Morgan fingerprint density at radius 3 is 2.57 bits per heavy atom. The Kier molecular flexibility index (Phi) is 3.49. The molecule has 0 saturated heterocycles. The van der Waals surface area contributed by atoms with E-state index in [4.69, 9.17) is 11.5 Å². The van der Waals surface area contributed by atoms with Gasteiger partial charge in [0.1, 0.15) is 0 Å². The van der Waals surface area contributed by atoms with Gasteiger partial charge < -0.3 is 16.6 Å². The van der Waals surface area contributed by atoms with E-state index in [2.05, 4.69) is 0 Å². The molecule has 0 aliphatic rings. The summed E-state index contributed by atoms with van der Waals surface area (Å²) in [7, 11) is 0. The third kappa shape index (κ3) is 2.25. The number of hydrogen-bond donors (Lipinski definition) is 3. The van der Waals surface area contributed by atoms with Crippen LogP contribution in [0.15, 0.2) is 18.2 Å². The Morgan fingerprint density at radius 1 is 1.43 bits per heavy atom. The van der Waals surface area contributed by atoms with Gasteiger partial charge in [-0.1, -0.05) is 19.1 Å². The highest BCUT2D eigenvalue weighted by Crippen LogP contribution is 2.24. The van der Waals surface area contributed by atoms with Gasteiger partial charge in [-0.15, -0.1) is 0 Å². The van der Waals surface area contributed by atoms with E-state index in [1.54, 1.807) is 0 Å². The predicted octanol–water partition coefficient (Wildman–Crippen LogP) is 1.35. The molecule has 0 aromatic heterocycles. The molecule has 3 nitrogen and oxygen atoms in total. The maximum absolute atomic E-state index is 9.86. The SMILES string of the molecule is CC[C@H](N)[C@@H](O)c1ccc(C)cc1N. The van der Waals surface area contributed by atoms with Crippen LogP contribution in [-0.4, -0.2) is 11.1 Å². The zero-order valence-corrected chi connectivity index (χ0v) is 8.70. The van der Waals surface area contributed by atoms with Crippen LogP contribution in [-0.2, 0) is 0 Å². The minimum atomic E-state index is -0.666. The molecule has 0 heterocycles. The summed E-state index contributed by atoms with van der Waals surface area (Å²) in [6.45, 7) is 3.91. The smallest absolute Gasteiger partial charge is 0.0960 e. The van der Waals surface area contributed by atoms with E-state index in [0.717, 1.165) is 17.5 Å². The van der Waals surface area contributed by atoms with Crippen LogP contribution in [0, 0.1) is 6.92 Å². The first-order valence-corrected chi connectivity index (χ1v) is 4.86. The molecule has 0 fully saturated rings. The molecule has 1 aromatic rings. The van der Waals surface area contributed by atoms with Crippen LogP contribution in [0.3, 0.4) is 0 Å². The van der Waals surface area contributed by atoms with Crippen molar-refractivity contribution in [3.05, 3.63) is 29.3 Å². The van der Waals surface area contributed by atoms with Crippen LogP contribution >= 0.6 is 0 Å². The summed E-state index contributed by atoms with van der Waals surface area (Å²) in [5, 5.41) is 9.86. The van der Waals surface area contributed by atoms with Gasteiger partial charge in [0, 0.05) is 17.3 Å². The number of anilines is 1. The number of benzene rings is 1. The van der Waals surface area contributed by atoms with Crippen molar-refractivity contribution in [3.63, 3.8) is 0 Å². The van der Waals surface area contributed by atoms with Gasteiger partial charge in [-0.25, -0.2) is 0 Å². The second-order valence-corrected chi connectivity index (χ2v) is 3.65. The van der Waals surface area contributed by atoms with Gasteiger partial charge in [0.05, 0.1) is 6.10 Å². The van der Waals surface area contributed by atoms with Gasteiger partial charge in [0.25, 0.3) is 0 Å². The normalized spacial score (nSPS) is 15.1. The highest BCUT2D eigenvalue weighted by molar-refractivity contribution is 5.50. The first-order chi connectivity index (χ1) is 6.56. The van der Waals surface area contributed by atoms with E-state index in [0.29, 0.717) is 5.69 Å². The number of aliphatic hydroxyl groups is 1. The largest absolute Gasteiger partial charge is 0.398 e. The molecule has 2 atom stereocenters. The molecular formula is C11H18N2O. The maximum Gasteiger partial charge on any atom is 0.0960 e. The minimum absolute atomic E-state index is 0.250. The van der Waals surface area contributed by atoms with Crippen molar-refractivity contribution in [1.82, 2.24) is 0 Å². The molecule has 0 amide bonds. The van der Waals surface area contributed by atoms with Crippen molar-refractivity contribution >= 4 is 5.69 Å².